The maximum atomic E-state index is 10.5. The maximum absolute atomic E-state index is 10.5. The van der Waals surface area contributed by atoms with Crippen molar-refractivity contribution < 1.29 is 78.9 Å². The fourth-order valence-electron chi connectivity index (χ4n) is 1.14. The summed E-state index contributed by atoms with van der Waals surface area (Å²) in [7, 11) is 0. The molecule has 0 aliphatic heterocycles. The first kappa shape index (κ1) is 29.1. The van der Waals surface area contributed by atoms with Gasteiger partial charge in [0.25, 0.3) is 0 Å². The summed E-state index contributed by atoms with van der Waals surface area (Å²) in [5, 5.41) is 21.0. The van der Waals surface area contributed by atoms with Crippen molar-refractivity contribution in [3.05, 3.63) is 0 Å². The SMILES string of the molecule is CCSCCSCCSCCSCC(C(=O)[O-])C(=O)[O-].[Na+].[Na+]. The van der Waals surface area contributed by atoms with Crippen LogP contribution in [0.3, 0.4) is 0 Å². The number of thioether (sulfide) groups is 4. The zero-order valence-electron chi connectivity index (χ0n) is 13.5. The minimum Gasteiger partial charge on any atom is -0.549 e. The normalized spacial score (nSPS) is 9.91. The zero-order chi connectivity index (χ0) is 15.2. The molecule has 0 aliphatic carbocycles. The molecule has 22 heavy (non-hydrogen) atoms. The minimum absolute atomic E-state index is 0. The monoisotopic (exact) mass is 402 g/mol. The molecule has 0 atom stereocenters. The van der Waals surface area contributed by atoms with Gasteiger partial charge in [0.05, 0.1) is 11.9 Å². The van der Waals surface area contributed by atoms with Crippen molar-refractivity contribution in [1.82, 2.24) is 0 Å². The van der Waals surface area contributed by atoms with Gasteiger partial charge in [0.2, 0.25) is 0 Å². The predicted octanol–water partition coefficient (Wildman–Crippen LogP) is -5.94. The smallest absolute Gasteiger partial charge is 0.549 e. The zero-order valence-corrected chi connectivity index (χ0v) is 20.8. The predicted molar refractivity (Wildman–Crippen MR) is 88.5 cm³/mol. The van der Waals surface area contributed by atoms with E-state index in [1.807, 2.05) is 35.3 Å². The molecule has 0 aliphatic rings. The van der Waals surface area contributed by atoms with Crippen LogP contribution >= 0.6 is 47.0 Å². The number of carboxylic acids is 2. The molecule has 0 aromatic rings. The number of carboxylic acid groups (broad SMARTS) is 2. The summed E-state index contributed by atoms with van der Waals surface area (Å²) in [5.41, 5.74) is 0. The average Bonchev–Trinajstić information content (AvgIpc) is 2.39. The largest absolute Gasteiger partial charge is 1.00 e. The topological polar surface area (TPSA) is 80.3 Å². The molecule has 0 amide bonds. The van der Waals surface area contributed by atoms with Gasteiger partial charge in [-0.25, -0.2) is 0 Å². The fraction of sp³-hybridized carbons (Fsp3) is 0.833. The summed E-state index contributed by atoms with van der Waals surface area (Å²) in [6.07, 6.45) is 0. The Bertz CT molecular complexity index is 272. The van der Waals surface area contributed by atoms with Crippen molar-refractivity contribution in [2.24, 2.45) is 5.92 Å². The van der Waals surface area contributed by atoms with Gasteiger partial charge < -0.3 is 19.8 Å². The number of carbonyl (C=O) groups excluding carboxylic acids is 2. The second-order valence-corrected chi connectivity index (χ2v) is 8.68. The standard InChI is InChI=1S/C12H22O4S4.2Na/c1-2-17-3-4-18-5-6-19-7-8-20-9-10(11(13)14)12(15)16;;/h10H,2-9H2,1H3,(H,13,14)(H,15,16);;/q;2*+1/p-2. The molecule has 0 radical (unpaired) electrons. The van der Waals surface area contributed by atoms with E-state index in [0.29, 0.717) is 0 Å². The summed E-state index contributed by atoms with van der Waals surface area (Å²) < 4.78 is 0. The molecule has 0 heterocycles. The van der Waals surface area contributed by atoms with E-state index in [1.54, 1.807) is 0 Å². The first-order valence-electron chi connectivity index (χ1n) is 6.32. The van der Waals surface area contributed by atoms with Crippen LogP contribution in [-0.4, -0.2) is 58.0 Å². The van der Waals surface area contributed by atoms with Crippen LogP contribution in [0.15, 0.2) is 0 Å². The van der Waals surface area contributed by atoms with Gasteiger partial charge in [-0.1, -0.05) is 6.92 Å². The van der Waals surface area contributed by atoms with Crippen LogP contribution in [0.25, 0.3) is 0 Å². The van der Waals surface area contributed by atoms with Crippen LogP contribution in [-0.2, 0) is 9.59 Å². The number of aliphatic carboxylic acids is 2. The Balaban J connectivity index is -0.00000180. The van der Waals surface area contributed by atoms with Crippen LogP contribution in [0.5, 0.6) is 0 Å². The van der Waals surface area contributed by atoms with Gasteiger partial charge in [-0.15, -0.1) is 0 Å². The Morgan fingerprint density at radius 1 is 0.773 bits per heavy atom. The van der Waals surface area contributed by atoms with E-state index in [0.717, 1.165) is 23.0 Å². The molecular formula is C12H20Na2O4S4. The van der Waals surface area contributed by atoms with E-state index >= 15 is 0 Å². The van der Waals surface area contributed by atoms with Crippen molar-refractivity contribution in [3.8, 4) is 0 Å². The number of carbonyl (C=O) groups is 2. The molecule has 0 aromatic carbocycles. The Kier molecular flexibility index (Phi) is 28.3. The fourth-order valence-corrected chi connectivity index (χ4v) is 5.34. The van der Waals surface area contributed by atoms with Crippen molar-refractivity contribution >= 4 is 59.0 Å². The van der Waals surface area contributed by atoms with Crippen LogP contribution < -0.4 is 69.3 Å². The number of hydrogen-bond donors (Lipinski definition) is 0. The van der Waals surface area contributed by atoms with E-state index in [1.165, 1.54) is 29.0 Å². The third-order valence-corrected chi connectivity index (χ3v) is 6.88. The van der Waals surface area contributed by atoms with Crippen molar-refractivity contribution in [3.63, 3.8) is 0 Å². The van der Waals surface area contributed by atoms with Gasteiger partial charge in [0.15, 0.2) is 0 Å². The third-order valence-electron chi connectivity index (χ3n) is 2.17. The van der Waals surface area contributed by atoms with Crippen LogP contribution in [0.2, 0.25) is 0 Å². The molecule has 118 valence electrons. The Morgan fingerprint density at radius 3 is 1.50 bits per heavy atom. The maximum Gasteiger partial charge on any atom is 1.00 e. The first-order valence-corrected chi connectivity index (χ1v) is 10.9. The molecule has 4 nitrogen and oxygen atoms in total. The molecule has 0 fully saturated rings. The molecule has 0 bridgehead atoms. The number of rotatable bonds is 14. The summed E-state index contributed by atoms with van der Waals surface area (Å²) in [4.78, 5) is 21.0. The van der Waals surface area contributed by atoms with Crippen LogP contribution in [0.4, 0.5) is 0 Å². The van der Waals surface area contributed by atoms with Crippen molar-refractivity contribution in [2.75, 3.05) is 46.0 Å². The molecule has 0 rings (SSSR count). The van der Waals surface area contributed by atoms with Gasteiger partial charge in [0, 0.05) is 46.2 Å². The van der Waals surface area contributed by atoms with Crippen molar-refractivity contribution in [2.45, 2.75) is 6.92 Å². The van der Waals surface area contributed by atoms with Gasteiger partial charge in [-0.2, -0.15) is 47.0 Å². The van der Waals surface area contributed by atoms with E-state index in [4.69, 9.17) is 0 Å². The molecule has 0 saturated heterocycles. The second-order valence-electron chi connectivity index (χ2n) is 3.69. The Labute approximate surface area is 194 Å². The van der Waals surface area contributed by atoms with E-state index in [9.17, 15) is 19.8 Å². The van der Waals surface area contributed by atoms with Gasteiger partial charge in [-0.3, -0.25) is 0 Å². The molecule has 10 heteroatoms. The molecule has 0 unspecified atom stereocenters. The Morgan fingerprint density at radius 2 is 1.14 bits per heavy atom. The van der Waals surface area contributed by atoms with Crippen molar-refractivity contribution in [1.29, 1.82) is 0 Å². The first-order chi connectivity index (χ1) is 9.59. The third kappa shape index (κ3) is 18.7. The van der Waals surface area contributed by atoms with E-state index < -0.39 is 17.9 Å². The summed E-state index contributed by atoms with van der Waals surface area (Å²) in [5.74, 6) is 2.81. The number of hydrogen-bond acceptors (Lipinski definition) is 8. The average molecular weight is 403 g/mol. The molecule has 0 saturated carbocycles. The Hall–Kier alpha value is 2.34. The van der Waals surface area contributed by atoms with Crippen LogP contribution in [0.1, 0.15) is 6.92 Å². The second kappa shape index (κ2) is 21.4. The summed E-state index contributed by atoms with van der Waals surface area (Å²) in [6.45, 7) is 2.16. The van der Waals surface area contributed by atoms with Gasteiger partial charge >= 0.3 is 59.1 Å². The van der Waals surface area contributed by atoms with Gasteiger partial charge in [0.1, 0.15) is 0 Å². The summed E-state index contributed by atoms with van der Waals surface area (Å²) >= 11 is 7.03. The molecule has 0 spiro atoms. The van der Waals surface area contributed by atoms with E-state index in [-0.39, 0.29) is 64.9 Å². The van der Waals surface area contributed by atoms with Gasteiger partial charge in [-0.05, 0) is 5.75 Å². The minimum atomic E-state index is -1.56. The molecule has 0 aromatic heterocycles. The molecule has 0 N–H and O–H groups in total. The van der Waals surface area contributed by atoms with E-state index in [2.05, 4.69) is 6.92 Å². The molecular weight excluding hydrogens is 382 g/mol. The summed E-state index contributed by atoms with van der Waals surface area (Å²) in [6, 6.07) is 0. The van der Waals surface area contributed by atoms with Crippen LogP contribution in [0, 0.1) is 5.92 Å². The quantitative estimate of drug-likeness (QED) is 0.161.